The summed E-state index contributed by atoms with van der Waals surface area (Å²) in [6, 6.07) is 0. The Balaban J connectivity index is 1.86. The molecule has 18 heavy (non-hydrogen) atoms. The molecule has 0 amide bonds. The number of nitrogens with zero attached hydrogens (tertiary/aromatic N) is 3. The highest BCUT2D eigenvalue weighted by Crippen LogP contribution is 2.28. The molecule has 1 unspecified atom stereocenters. The maximum atomic E-state index is 5.71. The molecule has 0 radical (unpaired) electrons. The molecule has 0 aromatic carbocycles. The minimum absolute atomic E-state index is 0.0921. The van der Waals surface area contributed by atoms with Crippen molar-refractivity contribution in [2.75, 3.05) is 19.7 Å². The van der Waals surface area contributed by atoms with E-state index < -0.39 is 0 Å². The molecule has 1 fully saturated rings. The van der Waals surface area contributed by atoms with Gasteiger partial charge in [-0.05, 0) is 6.92 Å². The van der Waals surface area contributed by atoms with Gasteiger partial charge in [0.25, 0.3) is 0 Å². The van der Waals surface area contributed by atoms with Gasteiger partial charge < -0.3 is 10.1 Å². The summed E-state index contributed by atoms with van der Waals surface area (Å²) < 4.78 is 7.54. The molecule has 0 spiro atoms. The SMILES string of the molecule is Cc1nn(C)cc1-c1csc(C2CNCCO2)n1. The van der Waals surface area contributed by atoms with Crippen LogP contribution in [0.15, 0.2) is 11.6 Å². The third-order valence-corrected chi connectivity index (χ3v) is 3.95. The molecule has 6 heteroatoms. The molecule has 3 heterocycles. The zero-order chi connectivity index (χ0) is 12.5. The summed E-state index contributed by atoms with van der Waals surface area (Å²) in [7, 11) is 1.93. The van der Waals surface area contributed by atoms with E-state index >= 15 is 0 Å². The zero-order valence-electron chi connectivity index (χ0n) is 10.5. The van der Waals surface area contributed by atoms with E-state index in [1.807, 2.05) is 24.9 Å². The van der Waals surface area contributed by atoms with Crippen molar-refractivity contribution in [3.63, 3.8) is 0 Å². The number of morpholine rings is 1. The molecule has 1 aliphatic rings. The quantitative estimate of drug-likeness (QED) is 0.893. The third-order valence-electron chi connectivity index (χ3n) is 3.01. The van der Waals surface area contributed by atoms with Crippen molar-refractivity contribution in [1.82, 2.24) is 20.1 Å². The molecule has 2 aromatic heterocycles. The highest BCUT2D eigenvalue weighted by atomic mass is 32.1. The van der Waals surface area contributed by atoms with Gasteiger partial charge in [-0.2, -0.15) is 5.10 Å². The summed E-state index contributed by atoms with van der Waals surface area (Å²) >= 11 is 1.66. The molecular weight excluding hydrogens is 248 g/mol. The topological polar surface area (TPSA) is 52.0 Å². The van der Waals surface area contributed by atoms with E-state index in [9.17, 15) is 0 Å². The first kappa shape index (κ1) is 11.8. The number of ether oxygens (including phenoxy) is 1. The van der Waals surface area contributed by atoms with Crippen molar-refractivity contribution in [2.45, 2.75) is 13.0 Å². The molecule has 0 saturated carbocycles. The first-order valence-electron chi connectivity index (χ1n) is 6.02. The van der Waals surface area contributed by atoms with Gasteiger partial charge in [0, 0.05) is 37.3 Å². The largest absolute Gasteiger partial charge is 0.368 e. The van der Waals surface area contributed by atoms with Gasteiger partial charge in [0.05, 0.1) is 18.0 Å². The lowest BCUT2D eigenvalue weighted by Gasteiger charge is -2.21. The van der Waals surface area contributed by atoms with Crippen molar-refractivity contribution in [2.24, 2.45) is 7.05 Å². The van der Waals surface area contributed by atoms with Crippen LogP contribution in [0.4, 0.5) is 0 Å². The van der Waals surface area contributed by atoms with Crippen LogP contribution in [0.25, 0.3) is 11.3 Å². The molecular formula is C12H16N4OS. The Morgan fingerprint density at radius 2 is 2.44 bits per heavy atom. The second-order valence-electron chi connectivity index (χ2n) is 4.44. The summed E-state index contributed by atoms with van der Waals surface area (Å²) in [6.07, 6.45) is 2.10. The van der Waals surface area contributed by atoms with Crippen LogP contribution in [0, 0.1) is 6.92 Å². The lowest BCUT2D eigenvalue weighted by atomic mass is 10.2. The average Bonchev–Trinajstić information content (AvgIpc) is 2.97. The van der Waals surface area contributed by atoms with Gasteiger partial charge in [-0.25, -0.2) is 4.98 Å². The lowest BCUT2D eigenvalue weighted by Crippen LogP contribution is -2.33. The summed E-state index contributed by atoms with van der Waals surface area (Å²) in [5.74, 6) is 0. The van der Waals surface area contributed by atoms with Crippen molar-refractivity contribution >= 4 is 11.3 Å². The van der Waals surface area contributed by atoms with Gasteiger partial charge in [-0.1, -0.05) is 0 Å². The number of aromatic nitrogens is 3. The summed E-state index contributed by atoms with van der Waals surface area (Å²) in [5.41, 5.74) is 3.11. The van der Waals surface area contributed by atoms with Gasteiger partial charge in [0.1, 0.15) is 11.1 Å². The van der Waals surface area contributed by atoms with Gasteiger partial charge >= 0.3 is 0 Å². The van der Waals surface area contributed by atoms with Crippen LogP contribution in [-0.2, 0) is 11.8 Å². The number of aryl methyl sites for hydroxylation is 2. The highest BCUT2D eigenvalue weighted by Gasteiger charge is 2.20. The van der Waals surface area contributed by atoms with Crippen molar-refractivity contribution in [1.29, 1.82) is 0 Å². The minimum Gasteiger partial charge on any atom is -0.368 e. The van der Waals surface area contributed by atoms with Crippen LogP contribution >= 0.6 is 11.3 Å². The normalized spacial score (nSPS) is 20.2. The molecule has 5 nitrogen and oxygen atoms in total. The van der Waals surface area contributed by atoms with Gasteiger partial charge in [0.2, 0.25) is 0 Å². The first-order valence-corrected chi connectivity index (χ1v) is 6.90. The summed E-state index contributed by atoms with van der Waals surface area (Å²) in [5, 5.41) is 10.8. The van der Waals surface area contributed by atoms with Crippen molar-refractivity contribution in [3.8, 4) is 11.3 Å². The predicted molar refractivity (Wildman–Crippen MR) is 70.6 cm³/mol. The van der Waals surface area contributed by atoms with E-state index in [2.05, 4.69) is 20.8 Å². The van der Waals surface area contributed by atoms with Gasteiger partial charge in [-0.15, -0.1) is 11.3 Å². The van der Waals surface area contributed by atoms with E-state index in [4.69, 9.17) is 4.74 Å². The Labute approximate surface area is 110 Å². The maximum absolute atomic E-state index is 5.71. The first-order chi connectivity index (χ1) is 8.74. The lowest BCUT2D eigenvalue weighted by molar-refractivity contribution is 0.0276. The number of thiazole rings is 1. The Morgan fingerprint density at radius 3 is 3.11 bits per heavy atom. The summed E-state index contributed by atoms with van der Waals surface area (Å²) in [6.45, 7) is 4.54. The Kier molecular flexibility index (Phi) is 3.15. The molecule has 1 aliphatic heterocycles. The number of hydrogen-bond donors (Lipinski definition) is 1. The van der Waals surface area contributed by atoms with E-state index in [-0.39, 0.29) is 6.10 Å². The smallest absolute Gasteiger partial charge is 0.124 e. The number of rotatable bonds is 2. The molecule has 1 atom stereocenters. The molecule has 1 N–H and O–H groups in total. The Bertz CT molecular complexity index is 542. The fourth-order valence-corrected chi connectivity index (χ4v) is 3.00. The van der Waals surface area contributed by atoms with E-state index in [0.717, 1.165) is 41.7 Å². The highest BCUT2D eigenvalue weighted by molar-refractivity contribution is 7.10. The Hall–Kier alpha value is -1.24. The van der Waals surface area contributed by atoms with Crippen LogP contribution in [0.3, 0.4) is 0 Å². The number of hydrogen-bond acceptors (Lipinski definition) is 5. The van der Waals surface area contributed by atoms with Crippen LogP contribution < -0.4 is 5.32 Å². The molecule has 0 bridgehead atoms. The molecule has 3 rings (SSSR count). The van der Waals surface area contributed by atoms with Crippen LogP contribution in [0.5, 0.6) is 0 Å². The molecule has 0 aliphatic carbocycles. The maximum Gasteiger partial charge on any atom is 0.124 e. The van der Waals surface area contributed by atoms with Crippen LogP contribution in [0.1, 0.15) is 16.8 Å². The van der Waals surface area contributed by atoms with E-state index in [1.165, 1.54) is 0 Å². The van der Waals surface area contributed by atoms with Gasteiger partial charge in [0.15, 0.2) is 0 Å². The van der Waals surface area contributed by atoms with Crippen LogP contribution in [0.2, 0.25) is 0 Å². The average molecular weight is 264 g/mol. The summed E-state index contributed by atoms with van der Waals surface area (Å²) in [4.78, 5) is 4.68. The van der Waals surface area contributed by atoms with Crippen molar-refractivity contribution in [3.05, 3.63) is 22.3 Å². The second-order valence-corrected chi connectivity index (χ2v) is 5.33. The van der Waals surface area contributed by atoms with Crippen LogP contribution in [-0.4, -0.2) is 34.5 Å². The standard InChI is InChI=1S/C12H16N4OS/c1-8-9(6-16(2)15-8)10-7-18-12(14-10)11-5-13-3-4-17-11/h6-7,11,13H,3-5H2,1-2H3. The Morgan fingerprint density at radius 1 is 1.56 bits per heavy atom. The van der Waals surface area contributed by atoms with E-state index in [0.29, 0.717) is 0 Å². The molecule has 1 saturated heterocycles. The predicted octanol–water partition coefficient (Wildman–Crippen LogP) is 1.51. The number of nitrogens with one attached hydrogen (secondary N) is 1. The fraction of sp³-hybridized carbons (Fsp3) is 0.500. The molecule has 2 aromatic rings. The van der Waals surface area contributed by atoms with E-state index in [1.54, 1.807) is 11.3 Å². The molecule has 96 valence electrons. The fourth-order valence-electron chi connectivity index (χ4n) is 2.13. The second kappa shape index (κ2) is 4.79. The van der Waals surface area contributed by atoms with Gasteiger partial charge in [-0.3, -0.25) is 4.68 Å². The minimum atomic E-state index is 0.0921. The monoisotopic (exact) mass is 264 g/mol. The third kappa shape index (κ3) is 2.19. The van der Waals surface area contributed by atoms with Crippen molar-refractivity contribution < 1.29 is 4.74 Å². The zero-order valence-corrected chi connectivity index (χ0v) is 11.3.